The van der Waals surface area contributed by atoms with E-state index in [1.54, 1.807) is 6.07 Å². The highest BCUT2D eigenvalue weighted by Crippen LogP contribution is 2.24. The lowest BCUT2D eigenvalue weighted by atomic mass is 9.84. The molecule has 1 atom stereocenters. The van der Waals surface area contributed by atoms with E-state index in [2.05, 4.69) is 34.6 Å². The van der Waals surface area contributed by atoms with Gasteiger partial charge < -0.3 is 10.3 Å². The van der Waals surface area contributed by atoms with Crippen LogP contribution in [0.1, 0.15) is 53.4 Å². The third-order valence-corrected chi connectivity index (χ3v) is 4.75. The average molecular weight is 324 g/mol. The number of H-pyrrole nitrogens is 1. The molecular weight excluding hydrogens is 300 g/mol. The number of aryl methyl sites for hydroxylation is 1. The van der Waals surface area contributed by atoms with Crippen molar-refractivity contribution in [2.45, 2.75) is 39.0 Å². The summed E-state index contributed by atoms with van der Waals surface area (Å²) in [6, 6.07) is 11.7. The maximum absolute atomic E-state index is 12.4. The van der Waals surface area contributed by atoms with Crippen molar-refractivity contribution >= 4 is 5.91 Å². The molecule has 1 aliphatic carbocycles. The van der Waals surface area contributed by atoms with Crippen LogP contribution in [0.15, 0.2) is 41.2 Å². The van der Waals surface area contributed by atoms with E-state index in [-0.39, 0.29) is 17.4 Å². The summed E-state index contributed by atoms with van der Waals surface area (Å²) in [5.74, 6) is 0.470. The zero-order valence-corrected chi connectivity index (χ0v) is 14.3. The molecule has 4 heteroatoms. The molecule has 3 rings (SSSR count). The monoisotopic (exact) mass is 324 g/mol. The standard InChI is InChI=1S/C20H24N2O2/c1-13(2)18-10-17(11-19(23)22-18)20(24)21-12-14-7-8-15-5-3-4-6-16(15)9-14/h3-6,10-11,13-14H,7-9,12H2,1-2H3,(H,21,24)(H,22,23). The Hall–Kier alpha value is -2.36. The topological polar surface area (TPSA) is 62.0 Å². The number of hydrogen-bond donors (Lipinski definition) is 2. The molecule has 0 fully saturated rings. The van der Waals surface area contributed by atoms with Gasteiger partial charge in [0.15, 0.2) is 0 Å². The SMILES string of the molecule is CC(C)c1cc(C(=O)NCC2CCc3ccccc3C2)cc(=O)[nH]1. The number of aromatic nitrogens is 1. The molecule has 1 aliphatic rings. The van der Waals surface area contributed by atoms with Crippen LogP contribution in [0.2, 0.25) is 0 Å². The molecule has 0 aliphatic heterocycles. The molecule has 0 bridgehead atoms. The van der Waals surface area contributed by atoms with Gasteiger partial charge in [-0.05, 0) is 48.3 Å². The molecule has 1 unspecified atom stereocenters. The van der Waals surface area contributed by atoms with Gasteiger partial charge in [-0.3, -0.25) is 9.59 Å². The lowest BCUT2D eigenvalue weighted by Crippen LogP contribution is -2.32. The van der Waals surface area contributed by atoms with Crippen LogP contribution in [0.4, 0.5) is 0 Å². The second kappa shape index (κ2) is 7.04. The van der Waals surface area contributed by atoms with Gasteiger partial charge in [0.05, 0.1) is 0 Å². The van der Waals surface area contributed by atoms with E-state index in [0.717, 1.165) is 25.0 Å². The Morgan fingerprint density at radius 1 is 1.25 bits per heavy atom. The zero-order chi connectivity index (χ0) is 17.1. The maximum Gasteiger partial charge on any atom is 0.251 e. The Kier molecular flexibility index (Phi) is 4.84. The van der Waals surface area contributed by atoms with E-state index in [1.165, 1.54) is 17.2 Å². The molecule has 0 saturated carbocycles. The molecule has 2 N–H and O–H groups in total. The fourth-order valence-corrected chi connectivity index (χ4v) is 3.29. The highest BCUT2D eigenvalue weighted by molar-refractivity contribution is 5.94. The van der Waals surface area contributed by atoms with Crippen molar-refractivity contribution < 1.29 is 4.79 Å². The van der Waals surface area contributed by atoms with Crippen molar-refractivity contribution in [1.29, 1.82) is 0 Å². The number of aromatic amines is 1. The first-order valence-corrected chi connectivity index (χ1v) is 8.62. The lowest BCUT2D eigenvalue weighted by Gasteiger charge is -2.24. The second-order valence-corrected chi connectivity index (χ2v) is 6.93. The predicted octanol–water partition coefficient (Wildman–Crippen LogP) is 3.03. The highest BCUT2D eigenvalue weighted by Gasteiger charge is 2.19. The molecular formula is C20H24N2O2. The minimum absolute atomic E-state index is 0.165. The summed E-state index contributed by atoms with van der Waals surface area (Å²) < 4.78 is 0. The molecule has 2 aromatic rings. The van der Waals surface area contributed by atoms with E-state index in [9.17, 15) is 9.59 Å². The molecule has 0 radical (unpaired) electrons. The van der Waals surface area contributed by atoms with Gasteiger partial charge in [0.1, 0.15) is 0 Å². The van der Waals surface area contributed by atoms with E-state index < -0.39 is 0 Å². The van der Waals surface area contributed by atoms with Crippen LogP contribution in [0.5, 0.6) is 0 Å². The molecule has 1 aromatic heterocycles. The third-order valence-electron chi connectivity index (χ3n) is 4.75. The van der Waals surface area contributed by atoms with Crippen LogP contribution in [-0.4, -0.2) is 17.4 Å². The first-order chi connectivity index (χ1) is 11.5. The van der Waals surface area contributed by atoms with Gasteiger partial charge in [-0.15, -0.1) is 0 Å². The van der Waals surface area contributed by atoms with E-state index in [0.29, 0.717) is 18.0 Å². The summed E-state index contributed by atoms with van der Waals surface area (Å²) >= 11 is 0. The summed E-state index contributed by atoms with van der Waals surface area (Å²) in [6.07, 6.45) is 3.16. The Balaban J connectivity index is 1.63. The van der Waals surface area contributed by atoms with Crippen molar-refractivity contribution in [2.75, 3.05) is 6.54 Å². The van der Waals surface area contributed by atoms with Gasteiger partial charge in [0.2, 0.25) is 5.56 Å². The van der Waals surface area contributed by atoms with Crippen molar-refractivity contribution in [3.05, 3.63) is 69.1 Å². The van der Waals surface area contributed by atoms with E-state index in [1.807, 2.05) is 13.8 Å². The van der Waals surface area contributed by atoms with Gasteiger partial charge >= 0.3 is 0 Å². The summed E-state index contributed by atoms with van der Waals surface area (Å²) in [4.78, 5) is 26.9. The fraction of sp³-hybridized carbons (Fsp3) is 0.400. The number of carbonyl (C=O) groups excluding carboxylic acids is 1. The molecule has 0 saturated heterocycles. The Bertz CT molecular complexity index is 792. The molecule has 0 spiro atoms. The van der Waals surface area contributed by atoms with E-state index >= 15 is 0 Å². The molecule has 1 aromatic carbocycles. The number of rotatable bonds is 4. The smallest absolute Gasteiger partial charge is 0.251 e. The van der Waals surface area contributed by atoms with Crippen LogP contribution >= 0.6 is 0 Å². The number of benzene rings is 1. The molecule has 126 valence electrons. The van der Waals surface area contributed by atoms with Crippen LogP contribution in [0.25, 0.3) is 0 Å². The summed E-state index contributed by atoms with van der Waals surface area (Å²) in [5, 5.41) is 3.00. The van der Waals surface area contributed by atoms with Crippen LogP contribution in [0, 0.1) is 5.92 Å². The van der Waals surface area contributed by atoms with Crippen molar-refractivity contribution in [2.24, 2.45) is 5.92 Å². The van der Waals surface area contributed by atoms with Gasteiger partial charge in [-0.1, -0.05) is 38.1 Å². The summed E-state index contributed by atoms with van der Waals surface area (Å²) in [7, 11) is 0. The van der Waals surface area contributed by atoms with Crippen LogP contribution in [0.3, 0.4) is 0 Å². The maximum atomic E-state index is 12.4. The molecule has 4 nitrogen and oxygen atoms in total. The van der Waals surface area contributed by atoms with Gasteiger partial charge in [-0.2, -0.15) is 0 Å². The number of fused-ring (bicyclic) bond motifs is 1. The summed E-state index contributed by atoms with van der Waals surface area (Å²) in [5.41, 5.74) is 3.83. The van der Waals surface area contributed by atoms with Crippen LogP contribution in [-0.2, 0) is 12.8 Å². The number of nitrogens with one attached hydrogen (secondary N) is 2. The minimum Gasteiger partial charge on any atom is -0.352 e. The first-order valence-electron chi connectivity index (χ1n) is 8.62. The zero-order valence-electron chi connectivity index (χ0n) is 14.3. The molecule has 24 heavy (non-hydrogen) atoms. The second-order valence-electron chi connectivity index (χ2n) is 6.93. The third kappa shape index (κ3) is 3.75. The summed E-state index contributed by atoms with van der Waals surface area (Å²) in [6.45, 7) is 4.63. The van der Waals surface area contributed by atoms with Crippen LogP contribution < -0.4 is 10.9 Å². The van der Waals surface area contributed by atoms with E-state index in [4.69, 9.17) is 0 Å². The van der Waals surface area contributed by atoms with Gasteiger partial charge in [0, 0.05) is 23.9 Å². The lowest BCUT2D eigenvalue weighted by molar-refractivity contribution is 0.0945. The number of amides is 1. The number of carbonyl (C=O) groups is 1. The normalized spacial score (nSPS) is 16.7. The number of pyridine rings is 1. The van der Waals surface area contributed by atoms with Gasteiger partial charge in [0.25, 0.3) is 5.91 Å². The average Bonchev–Trinajstić information content (AvgIpc) is 2.58. The Labute approximate surface area is 142 Å². The van der Waals surface area contributed by atoms with Crippen molar-refractivity contribution in [3.63, 3.8) is 0 Å². The Morgan fingerprint density at radius 2 is 2.00 bits per heavy atom. The van der Waals surface area contributed by atoms with Crippen molar-refractivity contribution in [3.8, 4) is 0 Å². The largest absolute Gasteiger partial charge is 0.352 e. The quantitative estimate of drug-likeness (QED) is 0.908. The molecule has 1 heterocycles. The minimum atomic E-state index is -0.224. The highest BCUT2D eigenvalue weighted by atomic mass is 16.2. The molecule has 1 amide bonds. The number of hydrogen-bond acceptors (Lipinski definition) is 2. The first kappa shape index (κ1) is 16.5. The predicted molar refractivity (Wildman–Crippen MR) is 95.4 cm³/mol. The van der Waals surface area contributed by atoms with Gasteiger partial charge in [-0.25, -0.2) is 0 Å². The fourth-order valence-electron chi connectivity index (χ4n) is 3.29. The Morgan fingerprint density at radius 3 is 2.75 bits per heavy atom. The van der Waals surface area contributed by atoms with Crippen molar-refractivity contribution in [1.82, 2.24) is 10.3 Å².